The smallest absolute Gasteiger partial charge is 0.116 e. The minimum atomic E-state index is 0.263. The number of phenols is 1. The van der Waals surface area contributed by atoms with Gasteiger partial charge in [-0.05, 0) is 31.7 Å². The first kappa shape index (κ1) is 9.63. The number of rotatable bonds is 1. The minimum Gasteiger partial charge on any atom is -0.508 e. The Morgan fingerprint density at radius 1 is 1.46 bits per heavy atom. The van der Waals surface area contributed by atoms with Crippen molar-refractivity contribution in [1.82, 2.24) is 5.32 Å². The van der Waals surface area contributed by atoms with Crippen LogP contribution in [0.25, 0.3) is 0 Å². The van der Waals surface area contributed by atoms with Crippen LogP contribution in [0.3, 0.4) is 0 Å². The lowest BCUT2D eigenvalue weighted by Crippen LogP contribution is -2.04. The van der Waals surface area contributed by atoms with E-state index in [0.717, 1.165) is 11.1 Å². The molecule has 0 aliphatic rings. The zero-order valence-corrected chi connectivity index (χ0v) is 7.89. The Morgan fingerprint density at radius 2 is 2.23 bits per heavy atom. The van der Waals surface area contributed by atoms with E-state index in [1.165, 1.54) is 0 Å². The molecule has 2 N–H and O–H groups in total. The van der Waals surface area contributed by atoms with Crippen molar-refractivity contribution in [3.63, 3.8) is 0 Å². The van der Waals surface area contributed by atoms with Crippen molar-refractivity contribution in [2.75, 3.05) is 13.6 Å². The predicted molar refractivity (Wildman–Crippen MR) is 53.6 cm³/mol. The molecular weight excluding hydrogens is 162 g/mol. The fourth-order valence-electron chi connectivity index (χ4n) is 0.972. The molecule has 0 radical (unpaired) electrons. The summed E-state index contributed by atoms with van der Waals surface area (Å²) in [6.07, 6.45) is 0. The Morgan fingerprint density at radius 3 is 2.92 bits per heavy atom. The van der Waals surface area contributed by atoms with E-state index in [1.54, 1.807) is 12.1 Å². The fraction of sp³-hybridized carbons (Fsp3) is 0.273. The molecule has 13 heavy (non-hydrogen) atoms. The van der Waals surface area contributed by atoms with Crippen LogP contribution < -0.4 is 5.32 Å². The summed E-state index contributed by atoms with van der Waals surface area (Å²) in [4.78, 5) is 0. The van der Waals surface area contributed by atoms with Gasteiger partial charge in [-0.25, -0.2) is 0 Å². The van der Waals surface area contributed by atoms with Gasteiger partial charge in [-0.1, -0.05) is 17.9 Å². The van der Waals surface area contributed by atoms with Crippen molar-refractivity contribution < 1.29 is 5.11 Å². The van der Waals surface area contributed by atoms with Crippen LogP contribution in [0.2, 0.25) is 0 Å². The molecular formula is C11H13NO. The van der Waals surface area contributed by atoms with E-state index in [4.69, 9.17) is 0 Å². The molecule has 0 aromatic heterocycles. The monoisotopic (exact) mass is 175 g/mol. The molecule has 0 unspecified atom stereocenters. The molecule has 0 saturated heterocycles. The van der Waals surface area contributed by atoms with E-state index in [2.05, 4.69) is 17.2 Å². The van der Waals surface area contributed by atoms with Gasteiger partial charge in [0.15, 0.2) is 0 Å². The maximum absolute atomic E-state index is 9.21. The lowest BCUT2D eigenvalue weighted by molar-refractivity contribution is 0.475. The van der Waals surface area contributed by atoms with Gasteiger partial charge < -0.3 is 10.4 Å². The second-order valence-corrected chi connectivity index (χ2v) is 2.83. The standard InChI is InChI=1S/C11H13NO/c1-9-5-6-11(13)8-10(9)4-3-7-12-2/h5-6,8,12-13H,7H2,1-2H3. The molecule has 0 aliphatic carbocycles. The van der Waals surface area contributed by atoms with Gasteiger partial charge in [-0.2, -0.15) is 0 Å². The number of hydrogen-bond acceptors (Lipinski definition) is 2. The Kier molecular flexibility index (Phi) is 3.36. The fourth-order valence-corrected chi connectivity index (χ4v) is 0.972. The largest absolute Gasteiger partial charge is 0.508 e. The Bertz CT molecular complexity index is 347. The third-order valence-electron chi connectivity index (χ3n) is 1.71. The SMILES string of the molecule is CNCC#Cc1cc(O)ccc1C. The average molecular weight is 175 g/mol. The average Bonchev–Trinajstić information content (AvgIpc) is 2.11. The molecule has 0 bridgehead atoms. The van der Waals surface area contributed by atoms with E-state index in [1.807, 2.05) is 20.0 Å². The van der Waals surface area contributed by atoms with Crippen LogP contribution in [0.1, 0.15) is 11.1 Å². The van der Waals surface area contributed by atoms with Crippen LogP contribution in [0.4, 0.5) is 0 Å². The van der Waals surface area contributed by atoms with Crippen molar-refractivity contribution in [3.8, 4) is 17.6 Å². The molecule has 0 saturated carbocycles. The summed E-state index contributed by atoms with van der Waals surface area (Å²) in [5, 5.41) is 12.1. The van der Waals surface area contributed by atoms with E-state index < -0.39 is 0 Å². The summed E-state index contributed by atoms with van der Waals surface area (Å²) in [6.45, 7) is 2.64. The highest BCUT2D eigenvalue weighted by Crippen LogP contribution is 2.14. The Hall–Kier alpha value is -1.46. The first-order valence-electron chi connectivity index (χ1n) is 4.17. The van der Waals surface area contributed by atoms with Crippen molar-refractivity contribution in [2.45, 2.75) is 6.92 Å². The lowest BCUT2D eigenvalue weighted by atomic mass is 10.1. The first-order chi connectivity index (χ1) is 6.24. The lowest BCUT2D eigenvalue weighted by Gasteiger charge is -1.97. The molecule has 0 fully saturated rings. The number of aryl methyl sites for hydroxylation is 1. The van der Waals surface area contributed by atoms with Gasteiger partial charge in [0.1, 0.15) is 5.75 Å². The molecule has 0 aliphatic heterocycles. The second-order valence-electron chi connectivity index (χ2n) is 2.83. The molecule has 68 valence electrons. The van der Waals surface area contributed by atoms with Crippen LogP contribution in [-0.2, 0) is 0 Å². The summed E-state index contributed by atoms with van der Waals surface area (Å²) in [7, 11) is 1.85. The van der Waals surface area contributed by atoms with Crippen molar-refractivity contribution in [1.29, 1.82) is 0 Å². The topological polar surface area (TPSA) is 32.3 Å². The minimum absolute atomic E-state index is 0.263. The molecule has 0 heterocycles. The molecule has 0 atom stereocenters. The molecule has 1 aromatic carbocycles. The van der Waals surface area contributed by atoms with Gasteiger partial charge in [0.2, 0.25) is 0 Å². The summed E-state index contributed by atoms with van der Waals surface area (Å²) in [5.41, 5.74) is 1.97. The molecule has 2 nitrogen and oxygen atoms in total. The summed E-state index contributed by atoms with van der Waals surface area (Å²) in [5.74, 6) is 6.19. The van der Waals surface area contributed by atoms with Gasteiger partial charge in [0, 0.05) is 5.56 Å². The quantitative estimate of drug-likeness (QED) is 0.630. The molecule has 2 heteroatoms. The molecule has 0 amide bonds. The van der Waals surface area contributed by atoms with Gasteiger partial charge in [-0.3, -0.25) is 0 Å². The van der Waals surface area contributed by atoms with Crippen molar-refractivity contribution >= 4 is 0 Å². The zero-order valence-electron chi connectivity index (χ0n) is 7.89. The highest BCUT2D eigenvalue weighted by Gasteiger charge is 1.94. The number of benzene rings is 1. The normalized spacial score (nSPS) is 9.08. The number of hydrogen-bond donors (Lipinski definition) is 2. The first-order valence-corrected chi connectivity index (χ1v) is 4.17. The van der Waals surface area contributed by atoms with Gasteiger partial charge in [0.05, 0.1) is 6.54 Å². The van der Waals surface area contributed by atoms with E-state index >= 15 is 0 Å². The number of phenolic OH excluding ortho intramolecular Hbond substituents is 1. The van der Waals surface area contributed by atoms with Crippen LogP contribution in [-0.4, -0.2) is 18.7 Å². The Balaban J connectivity index is 2.89. The van der Waals surface area contributed by atoms with Crippen LogP contribution in [0, 0.1) is 18.8 Å². The maximum atomic E-state index is 9.21. The maximum Gasteiger partial charge on any atom is 0.116 e. The summed E-state index contributed by atoms with van der Waals surface area (Å²) >= 11 is 0. The second kappa shape index (κ2) is 4.54. The van der Waals surface area contributed by atoms with Crippen molar-refractivity contribution in [3.05, 3.63) is 29.3 Å². The van der Waals surface area contributed by atoms with Crippen LogP contribution in [0.5, 0.6) is 5.75 Å². The third kappa shape index (κ3) is 2.81. The van der Waals surface area contributed by atoms with Crippen LogP contribution in [0.15, 0.2) is 18.2 Å². The van der Waals surface area contributed by atoms with Crippen LogP contribution >= 0.6 is 0 Å². The highest BCUT2D eigenvalue weighted by atomic mass is 16.3. The zero-order chi connectivity index (χ0) is 9.68. The Labute approximate surface area is 78.6 Å². The third-order valence-corrected chi connectivity index (χ3v) is 1.71. The predicted octanol–water partition coefficient (Wildman–Crippen LogP) is 1.27. The van der Waals surface area contributed by atoms with Gasteiger partial charge in [-0.15, -0.1) is 0 Å². The summed E-state index contributed by atoms with van der Waals surface area (Å²) in [6, 6.07) is 5.20. The molecule has 0 spiro atoms. The van der Waals surface area contributed by atoms with E-state index in [0.29, 0.717) is 6.54 Å². The van der Waals surface area contributed by atoms with Gasteiger partial charge in [0.25, 0.3) is 0 Å². The molecule has 1 rings (SSSR count). The van der Waals surface area contributed by atoms with Crippen molar-refractivity contribution in [2.24, 2.45) is 0 Å². The molecule has 1 aromatic rings. The van der Waals surface area contributed by atoms with E-state index in [-0.39, 0.29) is 5.75 Å². The highest BCUT2D eigenvalue weighted by molar-refractivity contribution is 5.44. The number of aromatic hydroxyl groups is 1. The summed E-state index contributed by atoms with van der Waals surface area (Å²) < 4.78 is 0. The number of nitrogens with one attached hydrogen (secondary N) is 1. The van der Waals surface area contributed by atoms with Gasteiger partial charge >= 0.3 is 0 Å². The van der Waals surface area contributed by atoms with E-state index in [9.17, 15) is 5.11 Å².